The van der Waals surface area contributed by atoms with E-state index in [4.69, 9.17) is 0 Å². The molecule has 4 rings (SSSR count). The molecule has 0 bridgehead atoms. The fraction of sp³-hybridized carbons (Fsp3) is 0.353. The van der Waals surface area contributed by atoms with Crippen molar-refractivity contribution >= 4 is 23.0 Å². The summed E-state index contributed by atoms with van der Waals surface area (Å²) in [6, 6.07) is 4.05. The van der Waals surface area contributed by atoms with E-state index in [0.717, 1.165) is 41.9 Å². The standard InChI is InChI=1S/C17H18N4OS/c1-12-6-11-23-15(12)16(22)21-8-3-2-4-14(21)13-5-9-20-10-7-18-17(20)19-13/h5-7,9-11,14H,2-4,8H2,1H3/t14-/m0/s1. The number of amides is 1. The van der Waals surface area contributed by atoms with Crippen LogP contribution >= 0.6 is 11.3 Å². The molecule has 6 heteroatoms. The van der Waals surface area contributed by atoms with Crippen LogP contribution in [0.5, 0.6) is 0 Å². The summed E-state index contributed by atoms with van der Waals surface area (Å²) in [5.41, 5.74) is 1.99. The van der Waals surface area contributed by atoms with E-state index < -0.39 is 0 Å². The lowest BCUT2D eigenvalue weighted by atomic mass is 9.98. The summed E-state index contributed by atoms with van der Waals surface area (Å²) in [5.74, 6) is 0.819. The largest absolute Gasteiger partial charge is 0.329 e. The number of aromatic nitrogens is 3. The van der Waals surface area contributed by atoms with Crippen molar-refractivity contribution < 1.29 is 4.79 Å². The van der Waals surface area contributed by atoms with Gasteiger partial charge >= 0.3 is 0 Å². The molecule has 1 amide bonds. The van der Waals surface area contributed by atoms with Crippen molar-refractivity contribution in [3.63, 3.8) is 0 Å². The average molecular weight is 326 g/mol. The van der Waals surface area contributed by atoms with Gasteiger partial charge in [0.2, 0.25) is 5.78 Å². The lowest BCUT2D eigenvalue weighted by Gasteiger charge is -2.35. The molecule has 0 N–H and O–H groups in total. The summed E-state index contributed by atoms with van der Waals surface area (Å²) >= 11 is 1.52. The Morgan fingerprint density at radius 3 is 3.04 bits per heavy atom. The molecule has 4 heterocycles. The minimum absolute atomic E-state index is 0.0412. The van der Waals surface area contributed by atoms with Crippen molar-refractivity contribution in [2.24, 2.45) is 0 Å². The van der Waals surface area contributed by atoms with Crippen molar-refractivity contribution in [3.05, 3.63) is 52.2 Å². The predicted molar refractivity (Wildman–Crippen MR) is 89.7 cm³/mol. The van der Waals surface area contributed by atoms with Gasteiger partial charge in [-0.15, -0.1) is 11.3 Å². The zero-order valence-corrected chi connectivity index (χ0v) is 13.8. The van der Waals surface area contributed by atoms with E-state index in [1.54, 1.807) is 6.20 Å². The molecule has 0 aliphatic carbocycles. The van der Waals surface area contributed by atoms with Crippen molar-refractivity contribution in [2.75, 3.05) is 6.54 Å². The Morgan fingerprint density at radius 2 is 2.22 bits per heavy atom. The summed E-state index contributed by atoms with van der Waals surface area (Å²) in [4.78, 5) is 24.7. The highest BCUT2D eigenvalue weighted by Crippen LogP contribution is 2.32. The second kappa shape index (κ2) is 5.77. The SMILES string of the molecule is Cc1ccsc1C(=O)N1CCCC[C@H]1c1ccn2ccnc2n1. The first-order chi connectivity index (χ1) is 11.2. The molecule has 0 saturated carbocycles. The van der Waals surface area contributed by atoms with E-state index in [1.807, 2.05) is 46.1 Å². The second-order valence-corrected chi connectivity index (χ2v) is 6.85. The lowest BCUT2D eigenvalue weighted by molar-refractivity contribution is 0.0610. The van der Waals surface area contributed by atoms with Gasteiger partial charge in [-0.25, -0.2) is 9.97 Å². The molecule has 0 radical (unpaired) electrons. The molecule has 5 nitrogen and oxygen atoms in total. The highest BCUT2D eigenvalue weighted by Gasteiger charge is 2.31. The summed E-state index contributed by atoms with van der Waals surface area (Å²) in [6.07, 6.45) is 8.73. The number of carbonyl (C=O) groups excluding carboxylic acids is 1. The quantitative estimate of drug-likeness (QED) is 0.724. The topological polar surface area (TPSA) is 50.5 Å². The van der Waals surface area contributed by atoms with Crippen LogP contribution in [-0.4, -0.2) is 31.7 Å². The number of nitrogens with zero attached hydrogens (tertiary/aromatic N) is 4. The molecule has 0 unspecified atom stereocenters. The number of rotatable bonds is 2. The zero-order chi connectivity index (χ0) is 15.8. The Morgan fingerprint density at radius 1 is 1.30 bits per heavy atom. The van der Waals surface area contributed by atoms with Gasteiger partial charge in [0.1, 0.15) is 0 Å². The number of carbonyl (C=O) groups is 1. The third-order valence-electron chi connectivity index (χ3n) is 4.44. The Hall–Kier alpha value is -2.21. The van der Waals surface area contributed by atoms with E-state index in [0.29, 0.717) is 5.78 Å². The van der Waals surface area contributed by atoms with E-state index in [-0.39, 0.29) is 11.9 Å². The Bertz CT molecular complexity index is 853. The number of hydrogen-bond donors (Lipinski definition) is 0. The van der Waals surface area contributed by atoms with Crippen LogP contribution < -0.4 is 0 Å². The molecule has 1 aliphatic heterocycles. The number of imidazole rings is 1. The van der Waals surface area contributed by atoms with Crippen molar-refractivity contribution in [1.29, 1.82) is 0 Å². The van der Waals surface area contributed by atoms with Crippen LogP contribution in [0.15, 0.2) is 36.1 Å². The first kappa shape index (κ1) is 14.4. The van der Waals surface area contributed by atoms with Crippen molar-refractivity contribution in [1.82, 2.24) is 19.3 Å². The third kappa shape index (κ3) is 2.53. The van der Waals surface area contributed by atoms with Gasteiger partial charge in [-0.05, 0) is 49.3 Å². The number of fused-ring (bicyclic) bond motifs is 1. The van der Waals surface area contributed by atoms with Gasteiger partial charge < -0.3 is 4.90 Å². The summed E-state index contributed by atoms with van der Waals surface area (Å²) in [5, 5.41) is 1.98. The number of thiophene rings is 1. The maximum Gasteiger partial charge on any atom is 0.264 e. The number of hydrogen-bond acceptors (Lipinski definition) is 4. The lowest BCUT2D eigenvalue weighted by Crippen LogP contribution is -2.38. The molecule has 1 fully saturated rings. The molecule has 1 saturated heterocycles. The minimum atomic E-state index is 0.0412. The summed E-state index contributed by atoms with van der Waals surface area (Å²) in [6.45, 7) is 2.79. The smallest absolute Gasteiger partial charge is 0.264 e. The number of piperidine rings is 1. The van der Waals surface area contributed by atoms with Crippen molar-refractivity contribution in [2.45, 2.75) is 32.2 Å². The van der Waals surface area contributed by atoms with Gasteiger partial charge in [-0.2, -0.15) is 0 Å². The average Bonchev–Trinajstić information content (AvgIpc) is 3.22. The van der Waals surface area contributed by atoms with Gasteiger partial charge in [-0.1, -0.05) is 0 Å². The molecular weight excluding hydrogens is 308 g/mol. The molecule has 0 aromatic carbocycles. The minimum Gasteiger partial charge on any atom is -0.329 e. The first-order valence-corrected chi connectivity index (χ1v) is 8.76. The van der Waals surface area contributed by atoms with E-state index in [1.165, 1.54) is 11.3 Å². The molecule has 3 aromatic heterocycles. The highest BCUT2D eigenvalue weighted by atomic mass is 32.1. The number of likely N-dealkylation sites (tertiary alicyclic amines) is 1. The fourth-order valence-electron chi connectivity index (χ4n) is 3.21. The molecular formula is C17H18N4OS. The van der Waals surface area contributed by atoms with Gasteiger partial charge in [0.25, 0.3) is 5.91 Å². The van der Waals surface area contributed by atoms with Gasteiger partial charge in [0.05, 0.1) is 16.6 Å². The second-order valence-electron chi connectivity index (χ2n) is 5.93. The van der Waals surface area contributed by atoms with Crippen LogP contribution in [-0.2, 0) is 0 Å². The number of aryl methyl sites for hydroxylation is 1. The monoisotopic (exact) mass is 326 g/mol. The van der Waals surface area contributed by atoms with Crippen LogP contribution in [0, 0.1) is 6.92 Å². The van der Waals surface area contributed by atoms with Gasteiger partial charge in [0, 0.05) is 25.1 Å². The van der Waals surface area contributed by atoms with E-state index in [2.05, 4.69) is 9.97 Å². The molecule has 118 valence electrons. The molecule has 1 atom stereocenters. The predicted octanol–water partition coefficient (Wildman–Crippen LogP) is 3.47. The fourth-order valence-corrected chi connectivity index (χ4v) is 4.09. The van der Waals surface area contributed by atoms with Gasteiger partial charge in [0.15, 0.2) is 0 Å². The Kier molecular flexibility index (Phi) is 3.61. The van der Waals surface area contributed by atoms with Gasteiger partial charge in [-0.3, -0.25) is 9.20 Å². The third-order valence-corrected chi connectivity index (χ3v) is 5.45. The van der Waals surface area contributed by atoms with Crippen LogP contribution in [0.2, 0.25) is 0 Å². The van der Waals surface area contributed by atoms with Crippen LogP contribution in [0.1, 0.15) is 46.2 Å². The highest BCUT2D eigenvalue weighted by molar-refractivity contribution is 7.12. The maximum absolute atomic E-state index is 13.0. The normalized spacial score (nSPS) is 18.5. The molecule has 3 aromatic rings. The van der Waals surface area contributed by atoms with Crippen LogP contribution in [0.4, 0.5) is 0 Å². The molecule has 1 aliphatic rings. The van der Waals surface area contributed by atoms with E-state index in [9.17, 15) is 4.79 Å². The van der Waals surface area contributed by atoms with Crippen molar-refractivity contribution in [3.8, 4) is 0 Å². The van der Waals surface area contributed by atoms with Crippen LogP contribution in [0.25, 0.3) is 5.78 Å². The zero-order valence-electron chi connectivity index (χ0n) is 13.0. The Labute approximate surface area is 138 Å². The Balaban J connectivity index is 1.70. The maximum atomic E-state index is 13.0. The van der Waals surface area contributed by atoms with E-state index >= 15 is 0 Å². The molecule has 0 spiro atoms. The first-order valence-electron chi connectivity index (χ1n) is 7.89. The van der Waals surface area contributed by atoms with Crippen LogP contribution in [0.3, 0.4) is 0 Å². The summed E-state index contributed by atoms with van der Waals surface area (Å²) in [7, 11) is 0. The summed E-state index contributed by atoms with van der Waals surface area (Å²) < 4.78 is 1.89. The molecule has 23 heavy (non-hydrogen) atoms.